The van der Waals surface area contributed by atoms with Crippen molar-refractivity contribution in [3.63, 3.8) is 0 Å². The van der Waals surface area contributed by atoms with Crippen LogP contribution in [0, 0.1) is 31.1 Å². The zero-order valence-electron chi connectivity index (χ0n) is 15.7. The van der Waals surface area contributed by atoms with E-state index < -0.39 is 0 Å². The molecule has 0 unspecified atom stereocenters. The lowest BCUT2D eigenvalue weighted by Gasteiger charge is -2.26. The van der Waals surface area contributed by atoms with Crippen LogP contribution in [0.3, 0.4) is 0 Å². The highest BCUT2D eigenvalue weighted by Gasteiger charge is 2.20. The lowest BCUT2D eigenvalue weighted by atomic mass is 9.79. The van der Waals surface area contributed by atoms with Crippen molar-refractivity contribution in [3.8, 4) is 11.8 Å². The van der Waals surface area contributed by atoms with Crippen molar-refractivity contribution >= 4 is 5.97 Å². The highest BCUT2D eigenvalue weighted by atomic mass is 16.5. The number of aryl methyl sites for hydroxylation is 2. The first-order chi connectivity index (χ1) is 12.5. The molecule has 3 nitrogen and oxygen atoms in total. The molecule has 1 aliphatic rings. The molecular weight excluding hydrogens is 322 g/mol. The van der Waals surface area contributed by atoms with Crippen LogP contribution in [0.2, 0.25) is 0 Å². The van der Waals surface area contributed by atoms with E-state index in [9.17, 15) is 4.79 Å². The molecule has 0 aliphatic heterocycles. The number of carbonyl (C=O) groups is 1. The maximum atomic E-state index is 12.4. The monoisotopic (exact) mass is 347 g/mol. The molecule has 0 amide bonds. The summed E-state index contributed by atoms with van der Waals surface area (Å²) in [5, 5.41) is 9.14. The zero-order valence-corrected chi connectivity index (χ0v) is 15.7. The number of hydrogen-bond donors (Lipinski definition) is 0. The fraction of sp³-hybridized carbons (Fsp3) is 0.391. The maximum absolute atomic E-state index is 12.4. The molecule has 0 spiro atoms. The first kappa shape index (κ1) is 18.2. The molecule has 1 saturated carbocycles. The van der Waals surface area contributed by atoms with Crippen LogP contribution >= 0.6 is 0 Å². The van der Waals surface area contributed by atoms with Crippen LogP contribution in [0.5, 0.6) is 5.75 Å². The van der Waals surface area contributed by atoms with E-state index >= 15 is 0 Å². The Hall–Kier alpha value is -2.60. The lowest BCUT2D eigenvalue weighted by Crippen LogP contribution is -2.12. The van der Waals surface area contributed by atoms with Gasteiger partial charge in [-0.1, -0.05) is 31.9 Å². The molecule has 1 aliphatic carbocycles. The molecule has 0 radical (unpaired) electrons. The van der Waals surface area contributed by atoms with Crippen LogP contribution < -0.4 is 4.74 Å². The number of nitrogens with zero attached hydrogens (tertiary/aromatic N) is 1. The summed E-state index contributed by atoms with van der Waals surface area (Å²) in [7, 11) is 0. The topological polar surface area (TPSA) is 50.1 Å². The number of nitriles is 1. The number of esters is 1. The molecule has 134 valence electrons. The minimum absolute atomic E-state index is 0.364. The van der Waals surface area contributed by atoms with Gasteiger partial charge in [0.25, 0.3) is 0 Å². The third-order valence-electron chi connectivity index (χ3n) is 5.46. The van der Waals surface area contributed by atoms with Gasteiger partial charge < -0.3 is 4.74 Å². The van der Waals surface area contributed by atoms with Crippen molar-refractivity contribution in [3.05, 3.63) is 64.2 Å². The normalized spacial score (nSPS) is 19.6. The van der Waals surface area contributed by atoms with E-state index in [4.69, 9.17) is 10.00 Å². The third kappa shape index (κ3) is 3.96. The average Bonchev–Trinajstić information content (AvgIpc) is 2.62. The van der Waals surface area contributed by atoms with E-state index in [0.717, 1.165) is 17.0 Å². The first-order valence-corrected chi connectivity index (χ1v) is 9.31. The molecule has 2 aromatic rings. The number of rotatable bonds is 3. The summed E-state index contributed by atoms with van der Waals surface area (Å²) in [5.41, 5.74) is 4.14. The lowest BCUT2D eigenvalue weighted by molar-refractivity contribution is 0.0734. The van der Waals surface area contributed by atoms with Crippen LogP contribution in [0.1, 0.15) is 71.1 Å². The Kier molecular flexibility index (Phi) is 5.42. The van der Waals surface area contributed by atoms with Gasteiger partial charge in [-0.15, -0.1) is 0 Å². The number of hydrogen-bond acceptors (Lipinski definition) is 3. The molecule has 0 heterocycles. The highest BCUT2D eigenvalue weighted by molar-refractivity contribution is 5.91. The van der Waals surface area contributed by atoms with Crippen LogP contribution in [-0.4, -0.2) is 5.97 Å². The quantitative estimate of drug-likeness (QED) is 0.529. The maximum Gasteiger partial charge on any atom is 0.343 e. The Morgan fingerprint density at radius 2 is 1.62 bits per heavy atom. The van der Waals surface area contributed by atoms with Crippen LogP contribution in [0.15, 0.2) is 36.4 Å². The van der Waals surface area contributed by atoms with Crippen LogP contribution in [-0.2, 0) is 0 Å². The Labute approximate surface area is 155 Å². The molecule has 0 saturated heterocycles. The van der Waals surface area contributed by atoms with E-state index in [1.807, 2.05) is 26.0 Å². The second-order valence-electron chi connectivity index (χ2n) is 7.51. The molecule has 2 aromatic carbocycles. The predicted octanol–water partition coefficient (Wildman–Crippen LogP) is 5.69. The molecule has 26 heavy (non-hydrogen) atoms. The summed E-state index contributed by atoms with van der Waals surface area (Å²) in [6.07, 6.45) is 5.03. The zero-order chi connectivity index (χ0) is 18.7. The van der Waals surface area contributed by atoms with Crippen LogP contribution in [0.4, 0.5) is 0 Å². The summed E-state index contributed by atoms with van der Waals surface area (Å²) < 4.78 is 5.51. The van der Waals surface area contributed by atoms with Gasteiger partial charge in [-0.25, -0.2) is 4.79 Å². The minimum Gasteiger partial charge on any atom is -0.423 e. The number of benzene rings is 2. The second kappa shape index (κ2) is 7.74. The van der Waals surface area contributed by atoms with Gasteiger partial charge in [-0.2, -0.15) is 5.26 Å². The summed E-state index contributed by atoms with van der Waals surface area (Å²) in [5.74, 6) is 1.56. The van der Waals surface area contributed by atoms with E-state index in [2.05, 4.69) is 25.1 Å². The average molecular weight is 347 g/mol. The molecule has 0 atom stereocenters. The van der Waals surface area contributed by atoms with Gasteiger partial charge in [-0.3, -0.25) is 0 Å². The van der Waals surface area contributed by atoms with Gasteiger partial charge >= 0.3 is 5.97 Å². The fourth-order valence-corrected chi connectivity index (χ4v) is 3.81. The van der Waals surface area contributed by atoms with Crippen molar-refractivity contribution < 1.29 is 9.53 Å². The SMILES string of the molecule is Cc1cc(OC(=O)c2ccc(C3CCC(C)CC3)cc2)cc(C)c1C#N. The van der Waals surface area contributed by atoms with Gasteiger partial charge in [0.2, 0.25) is 0 Å². The Morgan fingerprint density at radius 1 is 1.04 bits per heavy atom. The third-order valence-corrected chi connectivity index (χ3v) is 5.46. The van der Waals surface area contributed by atoms with Gasteiger partial charge in [0, 0.05) is 0 Å². The van der Waals surface area contributed by atoms with E-state index in [0.29, 0.717) is 22.8 Å². The smallest absolute Gasteiger partial charge is 0.343 e. The Morgan fingerprint density at radius 3 is 2.15 bits per heavy atom. The van der Waals surface area contributed by atoms with E-state index in [-0.39, 0.29) is 5.97 Å². The molecule has 1 fully saturated rings. The van der Waals surface area contributed by atoms with Gasteiger partial charge in [-0.05, 0) is 79.5 Å². The van der Waals surface area contributed by atoms with Crippen molar-refractivity contribution in [1.29, 1.82) is 5.26 Å². The Balaban J connectivity index is 1.70. The van der Waals surface area contributed by atoms with Gasteiger partial charge in [0.1, 0.15) is 5.75 Å². The van der Waals surface area contributed by atoms with Crippen molar-refractivity contribution in [2.75, 3.05) is 0 Å². The van der Waals surface area contributed by atoms with Gasteiger partial charge in [0.15, 0.2) is 0 Å². The summed E-state index contributed by atoms with van der Waals surface area (Å²) in [4.78, 5) is 12.4. The molecule has 0 bridgehead atoms. The molecule has 3 rings (SSSR count). The largest absolute Gasteiger partial charge is 0.423 e. The highest BCUT2D eigenvalue weighted by Crippen LogP contribution is 2.35. The summed E-state index contributed by atoms with van der Waals surface area (Å²) >= 11 is 0. The molecule has 0 aromatic heterocycles. The molecular formula is C23H25NO2. The minimum atomic E-state index is -0.364. The number of carbonyl (C=O) groups excluding carboxylic acids is 1. The fourth-order valence-electron chi connectivity index (χ4n) is 3.81. The van der Waals surface area contributed by atoms with Crippen LogP contribution in [0.25, 0.3) is 0 Å². The van der Waals surface area contributed by atoms with Crippen molar-refractivity contribution in [1.82, 2.24) is 0 Å². The predicted molar refractivity (Wildman–Crippen MR) is 102 cm³/mol. The first-order valence-electron chi connectivity index (χ1n) is 9.31. The van der Waals surface area contributed by atoms with Crippen molar-refractivity contribution in [2.24, 2.45) is 5.92 Å². The van der Waals surface area contributed by atoms with Gasteiger partial charge in [0.05, 0.1) is 17.2 Å². The Bertz CT molecular complexity index is 814. The summed E-state index contributed by atoms with van der Waals surface area (Å²) in [6.45, 7) is 6.02. The van der Waals surface area contributed by atoms with Crippen molar-refractivity contribution in [2.45, 2.75) is 52.4 Å². The molecule has 0 N–H and O–H groups in total. The van der Waals surface area contributed by atoms with E-state index in [1.54, 1.807) is 12.1 Å². The summed E-state index contributed by atoms with van der Waals surface area (Å²) in [6, 6.07) is 13.5. The number of ether oxygens (including phenoxy) is 1. The van der Waals surface area contributed by atoms with E-state index in [1.165, 1.54) is 31.2 Å². The molecule has 3 heteroatoms. The second-order valence-corrected chi connectivity index (χ2v) is 7.51. The standard InChI is InChI=1S/C23H25NO2/c1-15-4-6-18(7-5-15)19-8-10-20(11-9-19)23(25)26-21-12-16(2)22(14-24)17(3)13-21/h8-13,15,18H,4-7H2,1-3H3.